The first-order chi connectivity index (χ1) is 9.98. The number of carbonyl (C=O) groups excluding carboxylic acids is 1. The van der Waals surface area contributed by atoms with Crippen molar-refractivity contribution in [3.8, 4) is 0 Å². The average molecular weight is 281 g/mol. The molecule has 0 unspecified atom stereocenters. The van der Waals surface area contributed by atoms with Crippen LogP contribution in [0.5, 0.6) is 0 Å². The fraction of sp³-hybridized carbons (Fsp3) is 0.316. The Morgan fingerprint density at radius 3 is 1.71 bits per heavy atom. The van der Waals surface area contributed by atoms with Gasteiger partial charge in [-0.15, -0.1) is 0 Å². The molecule has 0 aliphatic heterocycles. The molecule has 0 spiro atoms. The van der Waals surface area contributed by atoms with Crippen molar-refractivity contribution < 1.29 is 4.79 Å². The highest BCUT2D eigenvalue weighted by molar-refractivity contribution is 5.81. The van der Waals surface area contributed by atoms with Crippen molar-refractivity contribution in [1.29, 1.82) is 0 Å². The van der Waals surface area contributed by atoms with Crippen LogP contribution >= 0.6 is 0 Å². The maximum atomic E-state index is 12.1. The quantitative estimate of drug-likeness (QED) is 0.902. The fourth-order valence-electron chi connectivity index (χ4n) is 2.26. The normalized spacial score (nSPS) is 11.4. The van der Waals surface area contributed by atoms with Gasteiger partial charge in [0, 0.05) is 17.9 Å². The summed E-state index contributed by atoms with van der Waals surface area (Å²) in [6, 6.07) is 20.6. The standard InChI is InChI=1S/C19H23NO/c1-19(2,3)18(21)20-14-17(15-10-6-4-7-11-15)16-12-8-5-9-13-16/h4-13,17H,14H2,1-3H3,(H,20,21). The van der Waals surface area contributed by atoms with E-state index in [1.165, 1.54) is 11.1 Å². The van der Waals surface area contributed by atoms with Crippen molar-refractivity contribution in [1.82, 2.24) is 5.32 Å². The van der Waals surface area contributed by atoms with Crippen molar-refractivity contribution in [3.05, 3.63) is 71.8 Å². The van der Waals surface area contributed by atoms with Gasteiger partial charge in [-0.3, -0.25) is 4.79 Å². The van der Waals surface area contributed by atoms with E-state index >= 15 is 0 Å². The van der Waals surface area contributed by atoms with E-state index in [2.05, 4.69) is 29.6 Å². The zero-order chi connectivity index (χ0) is 15.3. The first-order valence-electron chi connectivity index (χ1n) is 7.36. The summed E-state index contributed by atoms with van der Waals surface area (Å²) in [4.78, 5) is 12.1. The van der Waals surface area contributed by atoms with Gasteiger partial charge in [-0.2, -0.15) is 0 Å². The number of amides is 1. The van der Waals surface area contributed by atoms with Crippen LogP contribution in [-0.4, -0.2) is 12.5 Å². The van der Waals surface area contributed by atoms with E-state index in [-0.39, 0.29) is 17.2 Å². The van der Waals surface area contributed by atoms with E-state index < -0.39 is 0 Å². The second-order valence-corrected chi connectivity index (χ2v) is 6.33. The molecule has 0 saturated heterocycles. The first-order valence-corrected chi connectivity index (χ1v) is 7.36. The molecule has 0 aliphatic rings. The zero-order valence-electron chi connectivity index (χ0n) is 13.0. The van der Waals surface area contributed by atoms with Crippen molar-refractivity contribution in [2.24, 2.45) is 5.41 Å². The van der Waals surface area contributed by atoms with Gasteiger partial charge in [-0.1, -0.05) is 81.4 Å². The van der Waals surface area contributed by atoms with Crippen molar-refractivity contribution >= 4 is 5.91 Å². The number of rotatable bonds is 4. The molecular formula is C19H23NO. The Hall–Kier alpha value is -2.09. The van der Waals surface area contributed by atoms with Gasteiger partial charge < -0.3 is 5.32 Å². The van der Waals surface area contributed by atoms with Gasteiger partial charge in [0.05, 0.1) is 0 Å². The highest BCUT2D eigenvalue weighted by Gasteiger charge is 2.22. The summed E-state index contributed by atoms with van der Waals surface area (Å²) in [5, 5.41) is 3.08. The van der Waals surface area contributed by atoms with Crippen LogP contribution in [0.2, 0.25) is 0 Å². The van der Waals surface area contributed by atoms with Crippen LogP contribution < -0.4 is 5.32 Å². The molecule has 2 aromatic rings. The summed E-state index contributed by atoms with van der Waals surface area (Å²) in [5.74, 6) is 0.262. The van der Waals surface area contributed by atoms with Gasteiger partial charge in [-0.05, 0) is 11.1 Å². The zero-order valence-corrected chi connectivity index (χ0v) is 13.0. The molecule has 0 fully saturated rings. The van der Waals surface area contributed by atoms with E-state index in [1.807, 2.05) is 57.2 Å². The predicted octanol–water partition coefficient (Wildman–Crippen LogP) is 3.98. The molecule has 110 valence electrons. The predicted molar refractivity (Wildman–Crippen MR) is 87.2 cm³/mol. The van der Waals surface area contributed by atoms with E-state index in [9.17, 15) is 4.79 Å². The second-order valence-electron chi connectivity index (χ2n) is 6.33. The summed E-state index contributed by atoms with van der Waals surface area (Å²) in [6.45, 7) is 6.41. The summed E-state index contributed by atoms with van der Waals surface area (Å²) >= 11 is 0. The lowest BCUT2D eigenvalue weighted by Gasteiger charge is -2.22. The van der Waals surface area contributed by atoms with Crippen LogP contribution in [0.1, 0.15) is 37.8 Å². The topological polar surface area (TPSA) is 29.1 Å². The van der Waals surface area contributed by atoms with Crippen LogP contribution in [0.15, 0.2) is 60.7 Å². The lowest BCUT2D eigenvalue weighted by molar-refractivity contribution is -0.128. The molecule has 2 rings (SSSR count). The van der Waals surface area contributed by atoms with Gasteiger partial charge >= 0.3 is 0 Å². The highest BCUT2D eigenvalue weighted by atomic mass is 16.2. The minimum Gasteiger partial charge on any atom is -0.355 e. The lowest BCUT2D eigenvalue weighted by Crippen LogP contribution is -2.37. The second kappa shape index (κ2) is 6.57. The van der Waals surface area contributed by atoms with Gasteiger partial charge in [0.15, 0.2) is 0 Å². The van der Waals surface area contributed by atoms with Gasteiger partial charge in [0.25, 0.3) is 0 Å². The summed E-state index contributed by atoms with van der Waals surface area (Å²) in [5.41, 5.74) is 2.08. The number of carbonyl (C=O) groups is 1. The minimum absolute atomic E-state index is 0.0827. The smallest absolute Gasteiger partial charge is 0.225 e. The molecule has 0 aliphatic carbocycles. The number of benzene rings is 2. The Bertz CT molecular complexity index is 530. The van der Waals surface area contributed by atoms with Crippen LogP contribution in [0.4, 0.5) is 0 Å². The number of hydrogen-bond donors (Lipinski definition) is 1. The molecule has 2 aromatic carbocycles. The third-order valence-corrected chi connectivity index (χ3v) is 3.55. The van der Waals surface area contributed by atoms with Gasteiger partial charge in [-0.25, -0.2) is 0 Å². The summed E-state index contributed by atoms with van der Waals surface area (Å²) in [7, 11) is 0. The molecule has 2 heteroatoms. The monoisotopic (exact) mass is 281 g/mol. The van der Waals surface area contributed by atoms with Crippen LogP contribution in [0.25, 0.3) is 0 Å². The first kappa shape index (κ1) is 15.3. The molecule has 0 saturated carbocycles. The molecule has 0 aromatic heterocycles. The Morgan fingerprint density at radius 2 is 1.33 bits per heavy atom. The Morgan fingerprint density at radius 1 is 0.905 bits per heavy atom. The highest BCUT2D eigenvalue weighted by Crippen LogP contribution is 2.24. The number of hydrogen-bond acceptors (Lipinski definition) is 1. The maximum Gasteiger partial charge on any atom is 0.225 e. The number of nitrogens with one attached hydrogen (secondary N) is 1. The van der Waals surface area contributed by atoms with Crippen LogP contribution in [0.3, 0.4) is 0 Å². The van der Waals surface area contributed by atoms with Crippen molar-refractivity contribution in [2.45, 2.75) is 26.7 Å². The molecule has 0 heterocycles. The third-order valence-electron chi connectivity index (χ3n) is 3.55. The molecule has 21 heavy (non-hydrogen) atoms. The van der Waals surface area contributed by atoms with Crippen molar-refractivity contribution in [3.63, 3.8) is 0 Å². The summed E-state index contributed by atoms with van der Waals surface area (Å²) < 4.78 is 0. The van der Waals surface area contributed by atoms with Gasteiger partial charge in [0.1, 0.15) is 0 Å². The Kier molecular flexibility index (Phi) is 4.79. The Balaban J connectivity index is 2.20. The van der Waals surface area contributed by atoms with E-state index in [0.717, 1.165) is 0 Å². The fourth-order valence-corrected chi connectivity index (χ4v) is 2.26. The molecule has 0 bridgehead atoms. The van der Waals surface area contributed by atoms with Crippen LogP contribution in [0, 0.1) is 5.41 Å². The van der Waals surface area contributed by atoms with E-state index in [1.54, 1.807) is 0 Å². The molecule has 1 amide bonds. The van der Waals surface area contributed by atoms with Crippen molar-refractivity contribution in [2.75, 3.05) is 6.54 Å². The maximum absolute atomic E-state index is 12.1. The Labute approximate surface area is 127 Å². The molecular weight excluding hydrogens is 258 g/mol. The average Bonchev–Trinajstić information content (AvgIpc) is 2.48. The van der Waals surface area contributed by atoms with E-state index in [4.69, 9.17) is 0 Å². The molecule has 1 N–H and O–H groups in total. The SMILES string of the molecule is CC(C)(C)C(=O)NCC(c1ccccc1)c1ccccc1. The molecule has 0 atom stereocenters. The molecule has 0 radical (unpaired) electrons. The van der Waals surface area contributed by atoms with Gasteiger partial charge in [0.2, 0.25) is 5.91 Å². The summed E-state index contributed by atoms with van der Waals surface area (Å²) in [6.07, 6.45) is 0. The molecule has 2 nitrogen and oxygen atoms in total. The lowest BCUT2D eigenvalue weighted by atomic mass is 9.90. The minimum atomic E-state index is -0.363. The third kappa shape index (κ3) is 4.19. The van der Waals surface area contributed by atoms with Crippen LogP contribution in [-0.2, 0) is 4.79 Å². The van der Waals surface area contributed by atoms with E-state index in [0.29, 0.717) is 6.54 Å². The largest absolute Gasteiger partial charge is 0.355 e.